The summed E-state index contributed by atoms with van der Waals surface area (Å²) in [5.74, 6) is 0. The number of aliphatic hydroxyl groups excluding tert-OH is 1. The second kappa shape index (κ2) is 4.17. The number of aliphatic hydroxyl groups is 1. The number of aromatic nitrogens is 1. The Bertz CT molecular complexity index is 246. The minimum atomic E-state index is 0.224. The van der Waals surface area contributed by atoms with Gasteiger partial charge in [0.2, 0.25) is 0 Å². The molecule has 1 aromatic heterocycles. The van der Waals surface area contributed by atoms with Crippen LogP contribution in [0.5, 0.6) is 0 Å². The highest BCUT2D eigenvalue weighted by atomic mass is 32.1. The van der Waals surface area contributed by atoms with Crippen molar-refractivity contribution < 1.29 is 5.11 Å². The lowest BCUT2D eigenvalue weighted by Gasteiger charge is -2.14. The molecule has 2 rings (SSSR count). The lowest BCUT2D eigenvalue weighted by atomic mass is 10.1. The van der Waals surface area contributed by atoms with Crippen molar-refractivity contribution in [1.82, 2.24) is 10.3 Å². The number of nitrogens with one attached hydrogen (secondary N) is 1. The number of thiazole rings is 1. The molecular weight excluding hydrogens is 184 g/mol. The van der Waals surface area contributed by atoms with Crippen molar-refractivity contribution in [3.05, 3.63) is 16.6 Å². The molecule has 0 bridgehead atoms. The van der Waals surface area contributed by atoms with Crippen LogP contribution in [-0.2, 0) is 0 Å². The molecule has 1 atom stereocenters. The predicted octanol–water partition coefficient (Wildman–Crippen LogP) is 1.32. The third-order valence-electron chi connectivity index (χ3n) is 2.24. The van der Waals surface area contributed by atoms with Gasteiger partial charge in [0.25, 0.3) is 0 Å². The van der Waals surface area contributed by atoms with Gasteiger partial charge in [-0.25, -0.2) is 4.98 Å². The Balaban J connectivity index is 1.95. The average Bonchev–Trinajstić information content (AvgIpc) is 2.80. The molecule has 0 aliphatic heterocycles. The van der Waals surface area contributed by atoms with Gasteiger partial charge in [0.15, 0.2) is 0 Å². The number of rotatable bonds is 5. The predicted molar refractivity (Wildman–Crippen MR) is 52.7 cm³/mol. The summed E-state index contributed by atoms with van der Waals surface area (Å²) < 4.78 is 0. The fourth-order valence-electron chi connectivity index (χ4n) is 1.37. The van der Waals surface area contributed by atoms with Crippen molar-refractivity contribution in [1.29, 1.82) is 0 Å². The molecule has 0 aromatic carbocycles. The second-order valence-corrected chi connectivity index (χ2v) is 4.14. The first-order chi connectivity index (χ1) is 6.40. The van der Waals surface area contributed by atoms with E-state index in [2.05, 4.69) is 15.7 Å². The van der Waals surface area contributed by atoms with Crippen molar-refractivity contribution in [3.63, 3.8) is 0 Å². The van der Waals surface area contributed by atoms with Crippen LogP contribution in [0, 0.1) is 0 Å². The molecule has 13 heavy (non-hydrogen) atoms. The Morgan fingerprint density at radius 2 is 2.54 bits per heavy atom. The maximum absolute atomic E-state index is 8.90. The van der Waals surface area contributed by atoms with Crippen LogP contribution in [0.15, 0.2) is 10.9 Å². The SMILES string of the molecule is OCCC(NC1CC1)c1cscn1. The van der Waals surface area contributed by atoms with Crippen molar-refractivity contribution in [3.8, 4) is 0 Å². The molecule has 1 aliphatic carbocycles. The quantitative estimate of drug-likeness (QED) is 0.750. The molecule has 1 fully saturated rings. The van der Waals surface area contributed by atoms with Crippen LogP contribution in [0.2, 0.25) is 0 Å². The topological polar surface area (TPSA) is 45.1 Å². The van der Waals surface area contributed by atoms with Gasteiger partial charge in [-0.2, -0.15) is 0 Å². The van der Waals surface area contributed by atoms with Gasteiger partial charge >= 0.3 is 0 Å². The zero-order valence-corrected chi connectivity index (χ0v) is 8.26. The van der Waals surface area contributed by atoms with E-state index in [0.29, 0.717) is 6.04 Å². The first kappa shape index (κ1) is 9.12. The van der Waals surface area contributed by atoms with E-state index in [1.165, 1.54) is 12.8 Å². The van der Waals surface area contributed by atoms with Crippen LogP contribution < -0.4 is 5.32 Å². The van der Waals surface area contributed by atoms with Crippen molar-refractivity contribution in [2.45, 2.75) is 31.3 Å². The van der Waals surface area contributed by atoms with Crippen LogP contribution in [-0.4, -0.2) is 22.7 Å². The minimum absolute atomic E-state index is 0.224. The molecule has 1 saturated carbocycles. The van der Waals surface area contributed by atoms with Crippen LogP contribution >= 0.6 is 11.3 Å². The molecule has 0 saturated heterocycles. The standard InChI is InChI=1S/C9H14N2OS/c12-4-3-8(11-7-1-2-7)9-5-13-6-10-9/h5-8,11-12H,1-4H2. The van der Waals surface area contributed by atoms with E-state index >= 15 is 0 Å². The van der Waals surface area contributed by atoms with E-state index in [9.17, 15) is 0 Å². The molecular formula is C9H14N2OS. The van der Waals surface area contributed by atoms with Gasteiger partial charge in [0, 0.05) is 18.0 Å². The molecule has 3 nitrogen and oxygen atoms in total. The summed E-state index contributed by atoms with van der Waals surface area (Å²) in [7, 11) is 0. The van der Waals surface area contributed by atoms with Crippen LogP contribution in [0.4, 0.5) is 0 Å². The highest BCUT2D eigenvalue weighted by molar-refractivity contribution is 7.07. The van der Waals surface area contributed by atoms with Gasteiger partial charge in [0.05, 0.1) is 17.2 Å². The smallest absolute Gasteiger partial charge is 0.0795 e. The van der Waals surface area contributed by atoms with Crippen molar-refractivity contribution in [2.24, 2.45) is 0 Å². The molecule has 4 heteroatoms. The Hall–Kier alpha value is -0.450. The van der Waals surface area contributed by atoms with Crippen molar-refractivity contribution >= 4 is 11.3 Å². The van der Waals surface area contributed by atoms with Gasteiger partial charge < -0.3 is 10.4 Å². The summed E-state index contributed by atoms with van der Waals surface area (Å²) in [6, 6.07) is 0.919. The van der Waals surface area contributed by atoms with Gasteiger partial charge in [-0.1, -0.05) is 0 Å². The number of hydrogen-bond donors (Lipinski definition) is 2. The Kier molecular flexibility index (Phi) is 2.93. The second-order valence-electron chi connectivity index (χ2n) is 3.42. The van der Waals surface area contributed by atoms with E-state index in [4.69, 9.17) is 5.11 Å². The molecule has 1 heterocycles. The van der Waals surface area contributed by atoms with Crippen molar-refractivity contribution in [2.75, 3.05) is 6.61 Å². The Labute approximate surface area is 81.8 Å². The van der Waals surface area contributed by atoms with Gasteiger partial charge in [-0.15, -0.1) is 11.3 Å². The van der Waals surface area contributed by atoms with Crippen LogP contribution in [0.1, 0.15) is 31.0 Å². The number of nitrogens with zero attached hydrogens (tertiary/aromatic N) is 1. The van der Waals surface area contributed by atoms with Crippen LogP contribution in [0.25, 0.3) is 0 Å². The molecule has 1 aliphatic rings. The average molecular weight is 198 g/mol. The molecule has 1 aromatic rings. The van der Waals surface area contributed by atoms with E-state index in [1.807, 2.05) is 5.51 Å². The molecule has 72 valence electrons. The van der Waals surface area contributed by atoms with Gasteiger partial charge in [-0.05, 0) is 19.3 Å². The molecule has 0 radical (unpaired) electrons. The lowest BCUT2D eigenvalue weighted by Crippen LogP contribution is -2.24. The summed E-state index contributed by atoms with van der Waals surface area (Å²) in [6.45, 7) is 0.224. The zero-order chi connectivity index (χ0) is 9.10. The third-order valence-corrected chi connectivity index (χ3v) is 2.85. The summed E-state index contributed by atoms with van der Waals surface area (Å²) in [5, 5.41) is 14.4. The first-order valence-corrected chi connectivity index (χ1v) is 5.59. The number of hydrogen-bond acceptors (Lipinski definition) is 4. The Morgan fingerprint density at radius 3 is 3.08 bits per heavy atom. The van der Waals surface area contributed by atoms with E-state index in [1.54, 1.807) is 11.3 Å². The molecule has 0 amide bonds. The highest BCUT2D eigenvalue weighted by Gasteiger charge is 2.25. The summed E-state index contributed by atoms with van der Waals surface area (Å²) >= 11 is 1.61. The largest absolute Gasteiger partial charge is 0.396 e. The summed E-state index contributed by atoms with van der Waals surface area (Å²) in [6.07, 6.45) is 3.30. The summed E-state index contributed by atoms with van der Waals surface area (Å²) in [4.78, 5) is 4.26. The molecule has 0 spiro atoms. The zero-order valence-electron chi connectivity index (χ0n) is 7.44. The maximum atomic E-state index is 8.90. The monoisotopic (exact) mass is 198 g/mol. The van der Waals surface area contributed by atoms with E-state index in [0.717, 1.165) is 12.1 Å². The minimum Gasteiger partial charge on any atom is -0.396 e. The summed E-state index contributed by atoms with van der Waals surface area (Å²) in [5.41, 5.74) is 2.92. The fourth-order valence-corrected chi connectivity index (χ4v) is 1.98. The molecule has 2 N–H and O–H groups in total. The lowest BCUT2D eigenvalue weighted by molar-refractivity contribution is 0.264. The first-order valence-electron chi connectivity index (χ1n) is 4.65. The molecule has 1 unspecified atom stereocenters. The normalized spacial score (nSPS) is 18.8. The fraction of sp³-hybridized carbons (Fsp3) is 0.667. The van der Waals surface area contributed by atoms with Gasteiger partial charge in [-0.3, -0.25) is 0 Å². The Morgan fingerprint density at radius 1 is 1.69 bits per heavy atom. The van der Waals surface area contributed by atoms with Crippen LogP contribution in [0.3, 0.4) is 0 Å². The highest BCUT2D eigenvalue weighted by Crippen LogP contribution is 2.25. The maximum Gasteiger partial charge on any atom is 0.0795 e. The third kappa shape index (κ3) is 2.49. The van der Waals surface area contributed by atoms with E-state index in [-0.39, 0.29) is 12.6 Å². The van der Waals surface area contributed by atoms with Gasteiger partial charge in [0.1, 0.15) is 0 Å². The van der Waals surface area contributed by atoms with E-state index < -0.39 is 0 Å².